The fourth-order valence-corrected chi connectivity index (χ4v) is 2.40. The molecule has 1 aliphatic rings. The van der Waals surface area contributed by atoms with Gasteiger partial charge in [-0.3, -0.25) is 0 Å². The van der Waals surface area contributed by atoms with Crippen molar-refractivity contribution in [2.24, 2.45) is 0 Å². The summed E-state index contributed by atoms with van der Waals surface area (Å²) in [5.41, 5.74) is 2.83. The molecule has 0 amide bonds. The second-order valence-corrected chi connectivity index (χ2v) is 4.85. The molecule has 96 valence electrons. The van der Waals surface area contributed by atoms with Crippen LogP contribution in [0.25, 0.3) is 5.65 Å². The van der Waals surface area contributed by atoms with Crippen molar-refractivity contribution in [1.29, 1.82) is 0 Å². The minimum atomic E-state index is 0.508. The maximum Gasteiger partial charge on any atom is 0.200 e. The van der Waals surface area contributed by atoms with Crippen LogP contribution < -0.4 is 10.6 Å². The molecule has 3 heterocycles. The van der Waals surface area contributed by atoms with Gasteiger partial charge in [-0.05, 0) is 45.8 Å². The smallest absolute Gasteiger partial charge is 0.200 e. The van der Waals surface area contributed by atoms with Crippen LogP contribution in [0, 0.1) is 13.8 Å². The summed E-state index contributed by atoms with van der Waals surface area (Å²) in [4.78, 5) is 0. The molecule has 6 heteroatoms. The largest absolute Gasteiger partial charge is 0.379 e. The van der Waals surface area contributed by atoms with Gasteiger partial charge in [-0.25, -0.2) is 0 Å². The Morgan fingerprint density at radius 2 is 2.06 bits per heavy atom. The van der Waals surface area contributed by atoms with E-state index in [1.165, 1.54) is 0 Å². The third-order valence-electron chi connectivity index (χ3n) is 3.35. The molecule has 1 saturated heterocycles. The summed E-state index contributed by atoms with van der Waals surface area (Å²) < 4.78 is 1.80. The lowest BCUT2D eigenvalue weighted by molar-refractivity contribution is 0.479. The molecule has 0 spiro atoms. The zero-order chi connectivity index (χ0) is 12.5. The first kappa shape index (κ1) is 11.4. The summed E-state index contributed by atoms with van der Waals surface area (Å²) >= 11 is 0. The summed E-state index contributed by atoms with van der Waals surface area (Å²) in [5, 5.41) is 19.7. The van der Waals surface area contributed by atoms with E-state index in [2.05, 4.69) is 25.9 Å². The number of nitrogens with one attached hydrogen (secondary N) is 2. The SMILES string of the molecule is Cc1cc(NC2CCNCC2)c2nnc(C)n2n1. The number of nitrogens with zero attached hydrogens (tertiary/aromatic N) is 4. The maximum absolute atomic E-state index is 4.43. The highest BCUT2D eigenvalue weighted by atomic mass is 15.4. The molecule has 0 bridgehead atoms. The molecule has 18 heavy (non-hydrogen) atoms. The van der Waals surface area contributed by atoms with Crippen molar-refractivity contribution in [2.75, 3.05) is 18.4 Å². The molecule has 2 aromatic heterocycles. The molecule has 6 nitrogen and oxygen atoms in total. The first-order chi connectivity index (χ1) is 8.74. The van der Waals surface area contributed by atoms with E-state index in [-0.39, 0.29) is 0 Å². The minimum Gasteiger partial charge on any atom is -0.379 e. The number of hydrogen-bond donors (Lipinski definition) is 2. The molecular formula is C12H18N6. The number of anilines is 1. The highest BCUT2D eigenvalue weighted by molar-refractivity contribution is 5.67. The van der Waals surface area contributed by atoms with Crippen LogP contribution in [0.15, 0.2) is 6.07 Å². The van der Waals surface area contributed by atoms with Crippen molar-refractivity contribution < 1.29 is 0 Å². The van der Waals surface area contributed by atoms with Crippen molar-refractivity contribution >= 4 is 11.3 Å². The second kappa shape index (κ2) is 4.53. The Hall–Kier alpha value is -1.69. The van der Waals surface area contributed by atoms with Crippen LogP contribution >= 0.6 is 0 Å². The number of fused-ring (bicyclic) bond motifs is 1. The molecule has 0 unspecified atom stereocenters. The normalized spacial score (nSPS) is 17.2. The fraction of sp³-hybridized carbons (Fsp3) is 0.583. The zero-order valence-corrected chi connectivity index (χ0v) is 10.8. The first-order valence-electron chi connectivity index (χ1n) is 6.41. The highest BCUT2D eigenvalue weighted by Gasteiger charge is 2.16. The molecule has 2 aromatic rings. The Balaban J connectivity index is 1.94. The lowest BCUT2D eigenvalue weighted by Crippen LogP contribution is -2.35. The van der Waals surface area contributed by atoms with Gasteiger partial charge in [0.2, 0.25) is 5.65 Å². The van der Waals surface area contributed by atoms with E-state index < -0.39 is 0 Å². The van der Waals surface area contributed by atoms with E-state index in [1.54, 1.807) is 4.52 Å². The summed E-state index contributed by atoms with van der Waals surface area (Å²) in [5.74, 6) is 0.821. The summed E-state index contributed by atoms with van der Waals surface area (Å²) in [7, 11) is 0. The Kier molecular flexibility index (Phi) is 2.87. The molecule has 0 aliphatic carbocycles. The molecule has 1 aliphatic heterocycles. The number of piperidine rings is 1. The van der Waals surface area contributed by atoms with Gasteiger partial charge in [-0.1, -0.05) is 0 Å². The fourth-order valence-electron chi connectivity index (χ4n) is 2.40. The van der Waals surface area contributed by atoms with Gasteiger partial charge in [0.25, 0.3) is 0 Å². The van der Waals surface area contributed by atoms with Crippen LogP contribution in [0.5, 0.6) is 0 Å². The predicted octanol–water partition coefficient (Wildman–Crippen LogP) is 0.905. The minimum absolute atomic E-state index is 0.508. The third kappa shape index (κ3) is 2.03. The van der Waals surface area contributed by atoms with Gasteiger partial charge in [0.15, 0.2) is 5.82 Å². The van der Waals surface area contributed by atoms with E-state index in [4.69, 9.17) is 0 Å². The van der Waals surface area contributed by atoms with Gasteiger partial charge >= 0.3 is 0 Å². The Labute approximate surface area is 106 Å². The van der Waals surface area contributed by atoms with Crippen LogP contribution in [-0.4, -0.2) is 38.9 Å². The van der Waals surface area contributed by atoms with Crippen molar-refractivity contribution in [3.8, 4) is 0 Å². The van der Waals surface area contributed by atoms with Crippen molar-refractivity contribution in [3.63, 3.8) is 0 Å². The lowest BCUT2D eigenvalue weighted by Gasteiger charge is -2.24. The number of aryl methyl sites for hydroxylation is 2. The van der Waals surface area contributed by atoms with Crippen LogP contribution in [-0.2, 0) is 0 Å². The van der Waals surface area contributed by atoms with Crippen LogP contribution in [0.3, 0.4) is 0 Å². The monoisotopic (exact) mass is 246 g/mol. The average Bonchev–Trinajstić information content (AvgIpc) is 2.73. The average molecular weight is 246 g/mol. The quantitative estimate of drug-likeness (QED) is 0.824. The topological polar surface area (TPSA) is 67.1 Å². The predicted molar refractivity (Wildman–Crippen MR) is 69.8 cm³/mol. The molecule has 0 saturated carbocycles. The van der Waals surface area contributed by atoms with Crippen LogP contribution in [0.2, 0.25) is 0 Å². The molecule has 2 N–H and O–H groups in total. The maximum atomic E-state index is 4.43. The first-order valence-corrected chi connectivity index (χ1v) is 6.41. The molecule has 3 rings (SSSR count). The van der Waals surface area contributed by atoms with Gasteiger partial charge < -0.3 is 10.6 Å². The lowest BCUT2D eigenvalue weighted by atomic mass is 10.1. The summed E-state index contributed by atoms with van der Waals surface area (Å²) in [6.45, 7) is 6.06. The van der Waals surface area contributed by atoms with Crippen LogP contribution in [0.4, 0.5) is 5.69 Å². The van der Waals surface area contributed by atoms with E-state index in [0.717, 1.165) is 48.8 Å². The van der Waals surface area contributed by atoms with Crippen LogP contribution in [0.1, 0.15) is 24.4 Å². The van der Waals surface area contributed by atoms with E-state index >= 15 is 0 Å². The molecule has 0 radical (unpaired) electrons. The van der Waals surface area contributed by atoms with Crippen molar-refractivity contribution in [1.82, 2.24) is 25.1 Å². The Morgan fingerprint density at radius 1 is 1.28 bits per heavy atom. The van der Waals surface area contributed by atoms with E-state index in [9.17, 15) is 0 Å². The molecular weight excluding hydrogens is 228 g/mol. The van der Waals surface area contributed by atoms with Gasteiger partial charge in [0.1, 0.15) is 0 Å². The molecule has 1 fully saturated rings. The number of hydrogen-bond acceptors (Lipinski definition) is 5. The van der Waals surface area contributed by atoms with Crippen molar-refractivity contribution in [3.05, 3.63) is 17.6 Å². The summed E-state index contributed by atoms with van der Waals surface area (Å²) in [6, 6.07) is 2.56. The summed E-state index contributed by atoms with van der Waals surface area (Å²) in [6.07, 6.45) is 2.28. The Bertz CT molecular complexity index is 555. The number of rotatable bonds is 2. The van der Waals surface area contributed by atoms with Gasteiger partial charge in [0.05, 0.1) is 11.4 Å². The third-order valence-corrected chi connectivity index (χ3v) is 3.35. The zero-order valence-electron chi connectivity index (χ0n) is 10.8. The standard InChI is InChI=1S/C12H18N6/c1-8-7-11(14-10-3-5-13-6-4-10)12-16-15-9(2)18(12)17-8/h7,10,13-14H,3-6H2,1-2H3. The molecule has 0 atom stereocenters. The van der Waals surface area contributed by atoms with E-state index in [0.29, 0.717) is 6.04 Å². The second-order valence-electron chi connectivity index (χ2n) is 4.85. The van der Waals surface area contributed by atoms with Crippen molar-refractivity contribution in [2.45, 2.75) is 32.7 Å². The Morgan fingerprint density at radius 3 is 2.83 bits per heavy atom. The van der Waals surface area contributed by atoms with Gasteiger partial charge in [-0.2, -0.15) is 9.61 Å². The van der Waals surface area contributed by atoms with E-state index in [1.807, 2.05) is 19.9 Å². The number of aromatic nitrogens is 4. The van der Waals surface area contributed by atoms with Gasteiger partial charge in [0, 0.05) is 6.04 Å². The molecule has 0 aromatic carbocycles. The highest BCUT2D eigenvalue weighted by Crippen LogP contribution is 2.19. The van der Waals surface area contributed by atoms with Gasteiger partial charge in [-0.15, -0.1) is 10.2 Å².